The van der Waals surface area contributed by atoms with Crippen LogP contribution in [0.2, 0.25) is 0 Å². The second kappa shape index (κ2) is 6.81. The molecule has 1 amide bonds. The number of hydrogen-bond donors (Lipinski definition) is 2. The third-order valence-electron chi connectivity index (χ3n) is 4.80. The number of carbonyl (C=O) groups excluding carboxylic acids is 1. The van der Waals surface area contributed by atoms with Gasteiger partial charge in [0.25, 0.3) is 0 Å². The second-order valence-electron chi connectivity index (χ2n) is 6.34. The first-order valence-corrected chi connectivity index (χ1v) is 9.03. The van der Waals surface area contributed by atoms with Crippen molar-refractivity contribution >= 4 is 17.2 Å². The van der Waals surface area contributed by atoms with Gasteiger partial charge in [-0.15, -0.1) is 11.3 Å². The van der Waals surface area contributed by atoms with Crippen molar-refractivity contribution in [2.45, 2.75) is 44.2 Å². The Bertz CT molecular complexity index is 636. The van der Waals surface area contributed by atoms with Gasteiger partial charge in [0.2, 0.25) is 5.91 Å². The van der Waals surface area contributed by atoms with Gasteiger partial charge in [-0.1, -0.05) is 50.1 Å². The predicted molar refractivity (Wildman–Crippen MR) is 92.9 cm³/mol. The molecule has 1 aromatic heterocycles. The summed E-state index contributed by atoms with van der Waals surface area (Å²) >= 11 is 1.62. The Kier molecular flexibility index (Phi) is 4.78. The van der Waals surface area contributed by atoms with Crippen molar-refractivity contribution in [3.05, 3.63) is 52.5 Å². The average molecular weight is 329 g/mol. The first-order valence-electron chi connectivity index (χ1n) is 8.15. The number of nitrogens with one attached hydrogen (secondary N) is 1. The second-order valence-corrected chi connectivity index (χ2v) is 7.24. The van der Waals surface area contributed by atoms with Crippen LogP contribution in [-0.4, -0.2) is 10.9 Å². The van der Waals surface area contributed by atoms with E-state index in [4.69, 9.17) is 5.73 Å². The van der Waals surface area contributed by atoms with E-state index in [0.717, 1.165) is 36.3 Å². The van der Waals surface area contributed by atoms with Crippen LogP contribution < -0.4 is 11.1 Å². The van der Waals surface area contributed by atoms with Gasteiger partial charge in [-0.05, 0) is 18.4 Å². The smallest absolute Gasteiger partial charge is 0.225 e. The molecule has 1 aliphatic carbocycles. The molecule has 0 radical (unpaired) electrons. The lowest BCUT2D eigenvalue weighted by Crippen LogP contribution is -2.47. The fourth-order valence-electron chi connectivity index (χ4n) is 3.31. The van der Waals surface area contributed by atoms with Crippen LogP contribution in [0.25, 0.3) is 0 Å². The van der Waals surface area contributed by atoms with Crippen molar-refractivity contribution in [2.24, 2.45) is 11.7 Å². The molecule has 4 nitrogen and oxygen atoms in total. The molecule has 122 valence electrons. The summed E-state index contributed by atoms with van der Waals surface area (Å²) in [6, 6.07) is 9.51. The lowest BCUT2D eigenvalue weighted by Gasteiger charge is -2.31. The Hall–Kier alpha value is -1.72. The number of hydrogen-bond acceptors (Lipinski definition) is 4. The highest BCUT2D eigenvalue weighted by molar-refractivity contribution is 7.09. The molecule has 0 saturated heterocycles. The average Bonchev–Trinajstić information content (AvgIpc) is 3.26. The SMILES string of the molecule is CC(C(=O)NC1(c2nccs2)CCCC1)C(N)c1ccccc1. The molecule has 2 unspecified atom stereocenters. The Labute approximate surface area is 141 Å². The molecule has 1 aromatic carbocycles. The number of amides is 1. The summed E-state index contributed by atoms with van der Waals surface area (Å²) in [4.78, 5) is 17.3. The highest BCUT2D eigenvalue weighted by Gasteiger charge is 2.40. The maximum absolute atomic E-state index is 12.8. The van der Waals surface area contributed by atoms with E-state index in [1.165, 1.54) is 0 Å². The predicted octanol–water partition coefficient (Wildman–Crippen LogP) is 3.36. The number of nitrogens with zero attached hydrogens (tertiary/aromatic N) is 1. The zero-order chi connectivity index (χ0) is 16.3. The van der Waals surface area contributed by atoms with Crippen molar-refractivity contribution in [3.8, 4) is 0 Å². The monoisotopic (exact) mass is 329 g/mol. The van der Waals surface area contributed by atoms with Crippen LogP contribution in [0.5, 0.6) is 0 Å². The van der Waals surface area contributed by atoms with Crippen LogP contribution >= 0.6 is 11.3 Å². The van der Waals surface area contributed by atoms with E-state index >= 15 is 0 Å². The summed E-state index contributed by atoms with van der Waals surface area (Å²) in [5.41, 5.74) is 7.00. The van der Waals surface area contributed by atoms with Crippen LogP contribution in [0.3, 0.4) is 0 Å². The minimum absolute atomic E-state index is 0.0125. The number of thiazole rings is 1. The van der Waals surface area contributed by atoms with Crippen LogP contribution in [0.4, 0.5) is 0 Å². The fourth-order valence-corrected chi connectivity index (χ4v) is 4.16. The summed E-state index contributed by atoms with van der Waals surface area (Å²) in [7, 11) is 0. The van der Waals surface area contributed by atoms with Gasteiger partial charge in [0.05, 0.1) is 11.5 Å². The van der Waals surface area contributed by atoms with E-state index in [-0.39, 0.29) is 23.4 Å². The van der Waals surface area contributed by atoms with Crippen LogP contribution in [0.1, 0.15) is 49.2 Å². The number of carbonyl (C=O) groups is 1. The Morgan fingerprint density at radius 1 is 1.30 bits per heavy atom. The topological polar surface area (TPSA) is 68.0 Å². The van der Waals surface area contributed by atoms with Gasteiger partial charge in [-0.2, -0.15) is 0 Å². The highest BCUT2D eigenvalue weighted by Crippen LogP contribution is 2.40. The molecular formula is C18H23N3OS. The van der Waals surface area contributed by atoms with Gasteiger partial charge in [0.15, 0.2) is 0 Å². The minimum atomic E-state index is -0.300. The number of aromatic nitrogens is 1. The normalized spacial score (nSPS) is 19.2. The Balaban J connectivity index is 1.75. The Morgan fingerprint density at radius 2 is 2.00 bits per heavy atom. The Morgan fingerprint density at radius 3 is 2.61 bits per heavy atom. The number of rotatable bonds is 5. The molecule has 0 spiro atoms. The van der Waals surface area contributed by atoms with Gasteiger partial charge in [-0.3, -0.25) is 4.79 Å². The van der Waals surface area contributed by atoms with Crippen LogP contribution in [0.15, 0.2) is 41.9 Å². The van der Waals surface area contributed by atoms with E-state index < -0.39 is 0 Å². The molecule has 23 heavy (non-hydrogen) atoms. The van der Waals surface area contributed by atoms with Gasteiger partial charge >= 0.3 is 0 Å². The first kappa shape index (κ1) is 16.1. The summed E-state index contributed by atoms with van der Waals surface area (Å²) in [5, 5.41) is 6.26. The van der Waals surface area contributed by atoms with Gasteiger partial charge in [0, 0.05) is 17.6 Å². The fraction of sp³-hybridized carbons (Fsp3) is 0.444. The van der Waals surface area contributed by atoms with Gasteiger partial charge < -0.3 is 11.1 Å². The van der Waals surface area contributed by atoms with Crippen molar-refractivity contribution < 1.29 is 4.79 Å². The molecule has 0 bridgehead atoms. The maximum atomic E-state index is 12.8. The lowest BCUT2D eigenvalue weighted by atomic mass is 9.92. The van der Waals surface area contributed by atoms with E-state index in [2.05, 4.69) is 10.3 Å². The van der Waals surface area contributed by atoms with E-state index in [9.17, 15) is 4.79 Å². The van der Waals surface area contributed by atoms with Gasteiger partial charge in [0.1, 0.15) is 5.01 Å². The molecule has 1 saturated carbocycles. The van der Waals surface area contributed by atoms with Crippen LogP contribution in [-0.2, 0) is 10.3 Å². The third kappa shape index (κ3) is 3.31. The quantitative estimate of drug-likeness (QED) is 0.884. The molecule has 3 N–H and O–H groups in total. The first-order chi connectivity index (χ1) is 11.1. The van der Waals surface area contributed by atoms with Crippen LogP contribution in [0, 0.1) is 5.92 Å². The van der Waals surface area contributed by atoms with E-state index in [1.807, 2.05) is 48.8 Å². The molecule has 1 aliphatic rings. The molecule has 2 atom stereocenters. The standard InChI is InChI=1S/C18H23N3OS/c1-13(15(19)14-7-3-2-4-8-14)16(22)21-18(9-5-6-10-18)17-20-11-12-23-17/h2-4,7-8,11-13,15H,5-6,9-10,19H2,1H3,(H,21,22). The lowest BCUT2D eigenvalue weighted by molar-refractivity contribution is -0.127. The maximum Gasteiger partial charge on any atom is 0.225 e. The largest absolute Gasteiger partial charge is 0.344 e. The van der Waals surface area contributed by atoms with Crippen molar-refractivity contribution in [3.63, 3.8) is 0 Å². The summed E-state index contributed by atoms with van der Waals surface area (Å²) in [5.74, 6) is -0.270. The molecule has 2 aromatic rings. The summed E-state index contributed by atoms with van der Waals surface area (Å²) < 4.78 is 0. The minimum Gasteiger partial charge on any atom is -0.344 e. The molecule has 5 heteroatoms. The molecule has 0 aliphatic heterocycles. The summed E-state index contributed by atoms with van der Waals surface area (Å²) in [6.07, 6.45) is 5.97. The molecule has 3 rings (SSSR count). The number of benzene rings is 1. The van der Waals surface area contributed by atoms with E-state index in [1.54, 1.807) is 11.3 Å². The zero-order valence-electron chi connectivity index (χ0n) is 13.4. The molecule has 1 heterocycles. The van der Waals surface area contributed by atoms with Gasteiger partial charge in [-0.25, -0.2) is 4.98 Å². The highest BCUT2D eigenvalue weighted by atomic mass is 32.1. The van der Waals surface area contributed by atoms with Crippen molar-refractivity contribution in [2.75, 3.05) is 0 Å². The third-order valence-corrected chi connectivity index (χ3v) is 5.78. The summed E-state index contributed by atoms with van der Waals surface area (Å²) in [6.45, 7) is 1.90. The zero-order valence-corrected chi connectivity index (χ0v) is 14.2. The van der Waals surface area contributed by atoms with Crippen molar-refractivity contribution in [1.29, 1.82) is 0 Å². The molecular weight excluding hydrogens is 306 g/mol. The van der Waals surface area contributed by atoms with E-state index in [0.29, 0.717) is 0 Å². The van der Waals surface area contributed by atoms with Crippen molar-refractivity contribution in [1.82, 2.24) is 10.3 Å². The number of nitrogens with two attached hydrogens (primary N) is 1. The molecule has 1 fully saturated rings.